The first kappa shape index (κ1) is 12.1. The van der Waals surface area contributed by atoms with Crippen molar-refractivity contribution in [1.29, 1.82) is 10.5 Å². The van der Waals surface area contributed by atoms with Crippen molar-refractivity contribution in [1.82, 2.24) is 0 Å². The van der Waals surface area contributed by atoms with Gasteiger partial charge in [0, 0.05) is 0 Å². The fraction of sp³-hybridized carbons (Fsp3) is 0. The molecule has 66 valence electrons. The predicted molar refractivity (Wildman–Crippen MR) is 56.3 cm³/mol. The molecule has 0 spiro atoms. The summed E-state index contributed by atoms with van der Waals surface area (Å²) in [6, 6.07) is 3.84. The minimum absolute atomic E-state index is 0.0748. The number of hydrogen-bond acceptors (Lipinski definition) is 2. The second-order valence-corrected chi connectivity index (χ2v) is 5.71. The van der Waals surface area contributed by atoms with Crippen molar-refractivity contribution < 1.29 is 0 Å². The first-order valence-corrected chi connectivity index (χ1v) is 6.68. The van der Waals surface area contributed by atoms with E-state index >= 15 is 0 Å². The van der Waals surface area contributed by atoms with Gasteiger partial charge in [0.2, 0.25) is 0 Å². The van der Waals surface area contributed by atoms with Crippen LogP contribution in [-0.2, 0) is 0 Å². The van der Waals surface area contributed by atoms with Crippen LogP contribution in [0, 0.1) is 22.7 Å². The summed E-state index contributed by atoms with van der Waals surface area (Å²) in [5.41, 5.74) is 0.533. The number of nitrogens with zero attached hydrogens (tertiary/aromatic N) is 2. The molecule has 0 N–H and O–H groups in total. The van der Waals surface area contributed by atoms with E-state index in [4.69, 9.17) is 45.3 Å². The van der Waals surface area contributed by atoms with Crippen molar-refractivity contribution in [3.05, 3.63) is 26.2 Å². The van der Waals surface area contributed by atoms with Gasteiger partial charge < -0.3 is 0 Å². The van der Waals surface area contributed by atoms with Crippen molar-refractivity contribution in [2.75, 3.05) is 0 Å². The average Bonchev–Trinajstić information content (AvgIpc) is 2.16. The minimum atomic E-state index is 0.0748. The van der Waals surface area contributed by atoms with Crippen molar-refractivity contribution in [3.8, 4) is 12.1 Å². The van der Waals surface area contributed by atoms with Gasteiger partial charge in [-0.1, -0.05) is 0 Å². The van der Waals surface area contributed by atoms with Crippen molar-refractivity contribution >= 4 is 63.7 Å². The number of benzene rings is 1. The molecule has 0 aromatic heterocycles. The van der Waals surface area contributed by atoms with E-state index in [9.17, 15) is 0 Å². The van der Waals surface area contributed by atoms with Gasteiger partial charge in [0.05, 0.1) is 0 Å². The Balaban J connectivity index is 3.78. The molecule has 1 aromatic rings. The van der Waals surface area contributed by atoms with Gasteiger partial charge in [-0.15, -0.1) is 0 Å². The van der Waals surface area contributed by atoms with Gasteiger partial charge in [-0.25, -0.2) is 0 Å². The van der Waals surface area contributed by atoms with E-state index in [1.165, 1.54) is 0 Å². The van der Waals surface area contributed by atoms with Gasteiger partial charge in [0.25, 0.3) is 0 Å². The van der Waals surface area contributed by atoms with Crippen LogP contribution in [0.2, 0.25) is 15.1 Å². The van der Waals surface area contributed by atoms with Crippen LogP contribution in [0.3, 0.4) is 0 Å². The Kier molecular flexibility index (Phi) is 4.03. The van der Waals surface area contributed by atoms with Crippen molar-refractivity contribution in [2.45, 2.75) is 0 Å². The third-order valence-electron chi connectivity index (χ3n) is 1.59. The third kappa shape index (κ3) is 1.85. The molecule has 0 radical (unpaired) electrons. The first-order valence-electron chi connectivity index (χ1n) is 3.30. The molecule has 0 unspecified atom stereocenters. The van der Waals surface area contributed by atoms with Crippen LogP contribution in [0.25, 0.3) is 0 Å². The van der Waals surface area contributed by atoms with E-state index in [2.05, 4.69) is 0 Å². The molecule has 0 saturated carbocycles. The molecule has 0 aliphatic carbocycles. The van der Waals surface area contributed by atoms with Crippen LogP contribution >= 0.6 is 34.8 Å². The van der Waals surface area contributed by atoms with E-state index in [1.54, 1.807) is 0 Å². The maximum absolute atomic E-state index is 8.82. The number of halogens is 3. The summed E-state index contributed by atoms with van der Waals surface area (Å²) >= 11 is 17.7. The Bertz CT molecular complexity index is 444. The molecule has 6 heteroatoms. The Labute approximate surface area is 112 Å². The molecule has 1 aromatic carbocycles. The fourth-order valence-corrected chi connectivity index (χ4v) is 3.95. The van der Waals surface area contributed by atoms with Crippen molar-refractivity contribution in [3.63, 3.8) is 0 Å². The predicted octanol–water partition coefficient (Wildman–Crippen LogP) is 2.18. The number of hydrogen-bond donors (Lipinski definition) is 0. The number of nitriles is 2. The zero-order valence-electron chi connectivity index (χ0n) is 6.61. The van der Waals surface area contributed by atoms with Gasteiger partial charge in [0.15, 0.2) is 0 Å². The SMILES string of the molecule is N#Cc1c(Cl)c(Cl)c(Cl)c(C#N)[c]1[Tl]. The summed E-state index contributed by atoms with van der Waals surface area (Å²) in [4.78, 5) is 0. The van der Waals surface area contributed by atoms with E-state index < -0.39 is 0 Å². The first-order chi connectivity index (χ1) is 6.54. The van der Waals surface area contributed by atoms with Crippen molar-refractivity contribution in [2.24, 2.45) is 0 Å². The maximum atomic E-state index is 8.82. The molecule has 0 amide bonds. The van der Waals surface area contributed by atoms with Gasteiger partial charge >= 0.3 is 113 Å². The van der Waals surface area contributed by atoms with E-state index in [0.717, 1.165) is 0 Å². The summed E-state index contributed by atoms with van der Waals surface area (Å²) in [5, 5.41) is 18.0. The molecule has 0 aliphatic heterocycles. The molecule has 1 rings (SSSR count). The Hall–Kier alpha value is -0.00792. The van der Waals surface area contributed by atoms with Crippen LogP contribution in [0.5, 0.6) is 0 Å². The molecule has 0 aliphatic rings. The molecular formula is C8Cl3N2Tl. The number of rotatable bonds is 0. The molecule has 0 atom stereocenters. The fourth-order valence-electron chi connectivity index (χ4n) is 0.896. The van der Waals surface area contributed by atoms with Gasteiger partial charge in [0.1, 0.15) is 0 Å². The summed E-state index contributed by atoms with van der Waals surface area (Å²) in [6.45, 7) is 0. The molecule has 0 heterocycles. The van der Waals surface area contributed by atoms with Gasteiger partial charge in [-0.3, -0.25) is 0 Å². The van der Waals surface area contributed by atoms with E-state index in [0.29, 0.717) is 28.9 Å². The summed E-state index contributed by atoms with van der Waals surface area (Å²) < 4.78 is 0.620. The van der Waals surface area contributed by atoms with Crippen LogP contribution in [0.4, 0.5) is 0 Å². The van der Waals surface area contributed by atoms with Crippen LogP contribution in [-0.4, -0.2) is 25.8 Å². The summed E-state index contributed by atoms with van der Waals surface area (Å²) in [7, 11) is 0. The molecule has 14 heavy (non-hydrogen) atoms. The van der Waals surface area contributed by atoms with E-state index in [-0.39, 0.29) is 26.2 Å². The second kappa shape index (κ2) is 4.67. The summed E-state index contributed by atoms with van der Waals surface area (Å²) in [6.07, 6.45) is 0. The Morgan fingerprint density at radius 2 is 1.21 bits per heavy atom. The zero-order chi connectivity index (χ0) is 10.9. The van der Waals surface area contributed by atoms with Gasteiger partial charge in [-0.05, 0) is 0 Å². The van der Waals surface area contributed by atoms with Crippen LogP contribution < -0.4 is 3.12 Å². The molecular weight excluding hydrogens is 435 g/mol. The van der Waals surface area contributed by atoms with Gasteiger partial charge in [-0.2, -0.15) is 0 Å². The summed E-state index contributed by atoms with van der Waals surface area (Å²) in [5.74, 6) is 0. The topological polar surface area (TPSA) is 47.6 Å². The molecule has 2 nitrogen and oxygen atoms in total. The van der Waals surface area contributed by atoms with Crippen LogP contribution in [0.15, 0.2) is 0 Å². The standard InChI is InChI=1S/C8Cl3N2.Tl/c9-6-4(2-12)1-5(3-13)7(10)8(6)11;. The third-order valence-corrected chi connectivity index (χ3v) is 5.16. The quantitative estimate of drug-likeness (QED) is 0.464. The second-order valence-electron chi connectivity index (χ2n) is 2.33. The average molecular weight is 435 g/mol. The van der Waals surface area contributed by atoms with Crippen LogP contribution in [0.1, 0.15) is 11.1 Å². The molecule has 0 fully saturated rings. The Morgan fingerprint density at radius 1 is 0.857 bits per heavy atom. The molecule has 0 bridgehead atoms. The monoisotopic (exact) mass is 434 g/mol. The van der Waals surface area contributed by atoms with E-state index in [1.807, 2.05) is 12.1 Å². The Morgan fingerprint density at radius 3 is 1.50 bits per heavy atom. The zero-order valence-corrected chi connectivity index (χ0v) is 13.4. The normalized spacial score (nSPS) is 9.14. The molecule has 0 saturated heterocycles.